The van der Waals surface area contributed by atoms with E-state index in [1.54, 1.807) is 12.2 Å². The second-order valence-corrected chi connectivity index (χ2v) is 19.2. The van der Waals surface area contributed by atoms with Crippen LogP contribution >= 0.6 is 15.6 Å². The van der Waals surface area contributed by atoms with Gasteiger partial charge in [0.2, 0.25) is 0 Å². The summed E-state index contributed by atoms with van der Waals surface area (Å²) >= 11 is 0. The third-order valence-electron chi connectivity index (χ3n) is 10.4. The summed E-state index contributed by atoms with van der Waals surface area (Å²) in [6.07, 6.45) is 35.0. The van der Waals surface area contributed by atoms with Crippen molar-refractivity contribution in [2.45, 2.75) is 185 Å². The van der Waals surface area contributed by atoms with Crippen molar-refractivity contribution in [3.63, 3.8) is 0 Å². The van der Waals surface area contributed by atoms with E-state index in [2.05, 4.69) is 67.0 Å². The minimum Gasteiger partial charge on any atom is -0.462 e. The number of phosphoric ester groups is 2. The molecule has 0 aromatic rings. The van der Waals surface area contributed by atoms with Crippen LogP contribution in [0.4, 0.5) is 0 Å². The largest absolute Gasteiger partial charge is 0.472 e. The Bertz CT molecular complexity index is 1780. The second-order valence-electron chi connectivity index (χ2n) is 16.6. The molecule has 0 amide bonds. The number of unbranched alkanes of at least 4 members (excludes halogenated alkanes) is 7. The number of carbonyl (C=O) groups is 2. The molecule has 70 heavy (non-hydrogen) atoms. The van der Waals surface area contributed by atoms with Gasteiger partial charge in [0.05, 0.1) is 12.7 Å². The quantitative estimate of drug-likeness (QED) is 0.00940. The average molecular weight is 1030 g/mol. The van der Waals surface area contributed by atoms with Crippen LogP contribution in [0.2, 0.25) is 0 Å². The summed E-state index contributed by atoms with van der Waals surface area (Å²) < 4.78 is 49.3. The topological polar surface area (TPSA) is 276 Å². The highest BCUT2D eigenvalue weighted by atomic mass is 31.2. The third-order valence-corrected chi connectivity index (χ3v) is 11.9. The smallest absolute Gasteiger partial charge is 0.462 e. The fourth-order valence-corrected chi connectivity index (χ4v) is 8.15. The predicted octanol–water partition coefficient (Wildman–Crippen LogP) is 8.70. The number of allylic oxidation sites excluding steroid dienone is 16. The van der Waals surface area contributed by atoms with Crippen molar-refractivity contribution in [3.8, 4) is 0 Å². The highest BCUT2D eigenvalue weighted by Gasteiger charge is 2.54. The normalized spacial score (nSPS) is 22.4. The van der Waals surface area contributed by atoms with Gasteiger partial charge >= 0.3 is 27.6 Å². The van der Waals surface area contributed by atoms with Crippen LogP contribution in [0.25, 0.3) is 0 Å². The van der Waals surface area contributed by atoms with Crippen LogP contribution in [-0.2, 0) is 41.8 Å². The zero-order valence-corrected chi connectivity index (χ0v) is 42.8. The van der Waals surface area contributed by atoms with Crippen molar-refractivity contribution in [3.05, 3.63) is 109 Å². The van der Waals surface area contributed by atoms with Gasteiger partial charge in [-0.2, -0.15) is 0 Å². The lowest BCUT2D eigenvalue weighted by Crippen LogP contribution is -2.64. The van der Waals surface area contributed by atoms with Crippen molar-refractivity contribution in [2.24, 2.45) is 0 Å². The van der Waals surface area contributed by atoms with Gasteiger partial charge in [0.1, 0.15) is 43.2 Å². The van der Waals surface area contributed by atoms with Crippen LogP contribution in [0.5, 0.6) is 0 Å². The maximum absolute atomic E-state index is 13.0. The number of aliphatic hydroxyl groups excluding tert-OH is 5. The first-order valence-corrected chi connectivity index (χ1v) is 27.6. The zero-order valence-electron chi connectivity index (χ0n) is 41.0. The summed E-state index contributed by atoms with van der Waals surface area (Å²) in [5.74, 6) is -1.37. The van der Waals surface area contributed by atoms with E-state index in [-0.39, 0.29) is 12.8 Å². The minimum absolute atomic E-state index is 0.0143. The Labute approximate surface area is 415 Å². The minimum atomic E-state index is -5.39. The number of ether oxygens (including phenoxy) is 2. The molecule has 0 radical (unpaired) electrons. The lowest BCUT2D eigenvalue weighted by atomic mass is 9.85. The number of rotatable bonds is 39. The van der Waals surface area contributed by atoms with E-state index < -0.39 is 89.6 Å². The van der Waals surface area contributed by atoms with Crippen LogP contribution in [0.1, 0.15) is 136 Å². The van der Waals surface area contributed by atoms with E-state index in [0.717, 1.165) is 57.8 Å². The maximum atomic E-state index is 13.0. The first-order chi connectivity index (χ1) is 33.5. The van der Waals surface area contributed by atoms with Crippen molar-refractivity contribution < 1.29 is 82.0 Å². The lowest BCUT2D eigenvalue weighted by molar-refractivity contribution is -0.216. The number of carbonyl (C=O) groups excluding carboxylic acids is 2. The number of esters is 2. The van der Waals surface area contributed by atoms with E-state index in [4.69, 9.17) is 18.5 Å². The standard InChI is InChI=1S/C51H82O17P2/c1-3-5-7-9-11-12-13-14-15-16-17-18-19-24-27-31-35-39-45(54)66-43(41-65-70(62,63)68-51-48(57)46(55)47(56)50(49(51)58)67-69(59,60)61)40-64-44(53)38-34-30-26-23-21-20-22-25-29-33-37-42(52)36-32-28-10-8-6-4-2/h6,8,11-12,14-15,17-18,20-21,25-26,28-30,32-33,37,42-43,46-52,55-58H,3-5,7,9-10,13,16,19,22-24,27,31,34-36,38-41H2,1-2H3,(H,62,63)(H2,59,60,61)/b8-6-,12-11-,15-14-,18-17-,21-20-,29-25-,30-26-,32-28-,37-33+/t42?,43-,46?,47?,48?,49?,50-,51+/m1/s1. The molecule has 398 valence electrons. The second kappa shape index (κ2) is 40.1. The molecular formula is C51H82O17P2. The number of hydrogen-bond donors (Lipinski definition) is 8. The molecule has 8 N–H and O–H groups in total. The molecule has 17 nitrogen and oxygen atoms in total. The molecule has 0 bridgehead atoms. The Morgan fingerprint density at radius 1 is 0.543 bits per heavy atom. The molecule has 19 heteroatoms. The first-order valence-electron chi connectivity index (χ1n) is 24.5. The summed E-state index contributed by atoms with van der Waals surface area (Å²) in [7, 11) is -10.7. The van der Waals surface area contributed by atoms with Gasteiger partial charge in [-0.1, -0.05) is 149 Å². The monoisotopic (exact) mass is 1030 g/mol. The zero-order chi connectivity index (χ0) is 51.9. The number of aliphatic hydroxyl groups is 5. The summed E-state index contributed by atoms with van der Waals surface area (Å²) in [4.78, 5) is 54.3. The summed E-state index contributed by atoms with van der Waals surface area (Å²) in [6, 6.07) is 0. The molecule has 1 aliphatic rings. The number of phosphoric acid groups is 2. The van der Waals surface area contributed by atoms with Gasteiger partial charge < -0.3 is 49.7 Å². The Morgan fingerprint density at radius 3 is 1.67 bits per heavy atom. The van der Waals surface area contributed by atoms with Gasteiger partial charge in [0, 0.05) is 12.8 Å². The number of hydrogen-bond acceptors (Lipinski definition) is 14. The van der Waals surface area contributed by atoms with Crippen LogP contribution in [0.15, 0.2) is 109 Å². The molecule has 1 saturated carbocycles. The highest BCUT2D eigenvalue weighted by Crippen LogP contribution is 2.49. The molecule has 0 aliphatic heterocycles. The van der Waals surface area contributed by atoms with E-state index in [0.29, 0.717) is 32.1 Å². The van der Waals surface area contributed by atoms with Gasteiger partial charge in [0.15, 0.2) is 6.10 Å². The Hall–Kier alpha value is -3.38. The SMILES string of the molecule is CC/C=C\C/C=C\CC(O)/C=C/C=C\C/C=C\C/C=C\CCC(=O)OC[C@H](COP(=O)(O)O[C@H]1C(O)C(O)C(O)[C@@H](OP(=O)(O)O)C1O)OC(=O)CCCCCC/C=C\C/C=C\C/C=C\CCCCC. The molecule has 9 atom stereocenters. The van der Waals surface area contributed by atoms with Gasteiger partial charge in [0.25, 0.3) is 0 Å². The molecule has 0 spiro atoms. The maximum Gasteiger partial charge on any atom is 0.472 e. The highest BCUT2D eigenvalue weighted by molar-refractivity contribution is 7.47. The van der Waals surface area contributed by atoms with E-state index in [1.807, 2.05) is 48.6 Å². The molecule has 1 rings (SSSR count). The van der Waals surface area contributed by atoms with Gasteiger partial charge in [-0.25, -0.2) is 9.13 Å². The van der Waals surface area contributed by atoms with Crippen molar-refractivity contribution in [2.75, 3.05) is 13.2 Å². The molecule has 6 unspecified atom stereocenters. The van der Waals surface area contributed by atoms with Crippen LogP contribution in [0.3, 0.4) is 0 Å². The third kappa shape index (κ3) is 34.1. The van der Waals surface area contributed by atoms with E-state index in [9.17, 15) is 58.9 Å². The van der Waals surface area contributed by atoms with Gasteiger partial charge in [-0.15, -0.1) is 0 Å². The van der Waals surface area contributed by atoms with Gasteiger partial charge in [-0.3, -0.25) is 23.2 Å². The molecular weight excluding hydrogens is 946 g/mol. The Balaban J connectivity index is 2.67. The molecule has 0 aromatic heterocycles. The summed E-state index contributed by atoms with van der Waals surface area (Å²) in [5.41, 5.74) is 0. The lowest BCUT2D eigenvalue weighted by Gasteiger charge is -2.43. The molecule has 0 saturated heterocycles. The van der Waals surface area contributed by atoms with E-state index in [1.165, 1.54) is 19.3 Å². The van der Waals surface area contributed by atoms with Crippen molar-refractivity contribution in [1.82, 2.24) is 0 Å². The van der Waals surface area contributed by atoms with Crippen LogP contribution in [-0.4, -0.2) is 114 Å². The predicted molar refractivity (Wildman–Crippen MR) is 270 cm³/mol. The fourth-order valence-electron chi connectivity index (χ4n) is 6.61. The Morgan fingerprint density at radius 2 is 1.07 bits per heavy atom. The van der Waals surface area contributed by atoms with E-state index >= 15 is 0 Å². The average Bonchev–Trinajstić information content (AvgIpc) is 3.31. The Kier molecular flexibility index (Phi) is 37.1. The molecule has 0 heterocycles. The molecule has 1 fully saturated rings. The molecule has 1 aliphatic carbocycles. The van der Waals surface area contributed by atoms with Crippen molar-refractivity contribution in [1.29, 1.82) is 0 Å². The van der Waals surface area contributed by atoms with Crippen LogP contribution in [0, 0.1) is 0 Å². The van der Waals surface area contributed by atoms with Gasteiger partial charge in [-0.05, 0) is 83.5 Å². The summed E-state index contributed by atoms with van der Waals surface area (Å²) in [5, 5.41) is 51.3. The van der Waals surface area contributed by atoms with Crippen molar-refractivity contribution >= 4 is 27.6 Å². The fraction of sp³-hybridized carbons (Fsp3) is 0.608. The first kappa shape index (κ1) is 64.6. The molecule has 0 aromatic carbocycles. The van der Waals surface area contributed by atoms with Crippen LogP contribution < -0.4 is 0 Å². The summed E-state index contributed by atoms with van der Waals surface area (Å²) in [6.45, 7) is 2.81.